The lowest BCUT2D eigenvalue weighted by molar-refractivity contribution is 1.22. The molecule has 2 nitrogen and oxygen atoms in total. The van der Waals surface area contributed by atoms with E-state index < -0.39 is 0 Å². The summed E-state index contributed by atoms with van der Waals surface area (Å²) in [6.07, 6.45) is 1.96. The Balaban J connectivity index is 1.02. The first-order valence-electron chi connectivity index (χ1n) is 22.0. The Bertz CT molecular complexity index is 3930. The number of rotatable bonds is 5. The Morgan fingerprint density at radius 1 is 0.250 bits per heavy atom. The summed E-state index contributed by atoms with van der Waals surface area (Å²) in [5.41, 5.74) is 10.5. The molecule has 0 aliphatic heterocycles. The van der Waals surface area contributed by atoms with Gasteiger partial charge in [0.15, 0.2) is 0 Å². The molecule has 2 heteroatoms. The van der Waals surface area contributed by atoms with Crippen LogP contribution < -0.4 is 0 Å². The van der Waals surface area contributed by atoms with Crippen LogP contribution in [-0.2, 0) is 0 Å². The average molecular weight is 811 g/mol. The van der Waals surface area contributed by atoms with E-state index in [2.05, 4.69) is 212 Å². The predicted molar refractivity (Wildman–Crippen MR) is 272 cm³/mol. The van der Waals surface area contributed by atoms with E-state index in [1.165, 1.54) is 86.9 Å². The maximum Gasteiger partial charge on any atom is 0.0972 e. The Hall–Kier alpha value is -8.46. The molecule has 296 valence electrons. The molecular formula is C62H38N2. The van der Waals surface area contributed by atoms with E-state index in [0.29, 0.717) is 0 Å². The molecule has 13 rings (SSSR count). The van der Waals surface area contributed by atoms with E-state index in [4.69, 9.17) is 9.97 Å². The van der Waals surface area contributed by atoms with Gasteiger partial charge in [0.25, 0.3) is 0 Å². The molecule has 0 aliphatic carbocycles. The van der Waals surface area contributed by atoms with E-state index in [0.717, 1.165) is 44.5 Å². The fraction of sp³-hybridized carbons (Fsp3) is 0. The minimum Gasteiger partial charge on any atom is -0.252 e. The maximum atomic E-state index is 5.47. The molecule has 0 radical (unpaired) electrons. The number of aromatic nitrogens is 2. The van der Waals surface area contributed by atoms with Gasteiger partial charge in [-0.1, -0.05) is 224 Å². The third-order valence-electron chi connectivity index (χ3n) is 13.3. The number of hydrogen-bond donors (Lipinski definition) is 0. The van der Waals surface area contributed by atoms with Crippen LogP contribution in [0.25, 0.3) is 131 Å². The monoisotopic (exact) mass is 810 g/mol. The van der Waals surface area contributed by atoms with Crippen molar-refractivity contribution in [1.82, 2.24) is 9.97 Å². The van der Waals surface area contributed by atoms with Gasteiger partial charge in [-0.25, -0.2) is 4.98 Å². The highest BCUT2D eigenvalue weighted by atomic mass is 14.8. The largest absolute Gasteiger partial charge is 0.252 e. The molecule has 0 bridgehead atoms. The molecule has 0 amide bonds. The van der Waals surface area contributed by atoms with Crippen LogP contribution >= 0.6 is 0 Å². The first-order chi connectivity index (χ1) is 31.8. The van der Waals surface area contributed by atoms with E-state index >= 15 is 0 Å². The predicted octanol–water partition coefficient (Wildman–Crippen LogP) is 16.9. The van der Waals surface area contributed by atoms with Crippen molar-refractivity contribution in [3.8, 4) is 56.0 Å². The number of hydrogen-bond acceptors (Lipinski definition) is 2. The first-order valence-corrected chi connectivity index (χ1v) is 22.0. The molecule has 12 aromatic carbocycles. The van der Waals surface area contributed by atoms with Gasteiger partial charge in [0.2, 0.25) is 0 Å². The van der Waals surface area contributed by atoms with Gasteiger partial charge in [-0.3, -0.25) is 4.98 Å². The zero-order valence-corrected chi connectivity index (χ0v) is 34.8. The van der Waals surface area contributed by atoms with Gasteiger partial charge in [-0.05, 0) is 97.7 Å². The molecule has 0 saturated carbocycles. The maximum absolute atomic E-state index is 5.47. The molecule has 0 saturated heterocycles. The van der Waals surface area contributed by atoms with E-state index in [1.54, 1.807) is 0 Å². The second-order valence-corrected chi connectivity index (χ2v) is 16.7. The normalized spacial score (nSPS) is 11.8. The van der Waals surface area contributed by atoms with Crippen molar-refractivity contribution in [3.63, 3.8) is 0 Å². The summed E-state index contributed by atoms with van der Waals surface area (Å²) in [6, 6.07) is 81.5. The fourth-order valence-corrected chi connectivity index (χ4v) is 10.5. The second kappa shape index (κ2) is 14.6. The molecule has 0 unspecified atom stereocenters. The lowest BCUT2D eigenvalue weighted by Gasteiger charge is -2.18. The second-order valence-electron chi connectivity index (χ2n) is 16.7. The lowest BCUT2D eigenvalue weighted by Crippen LogP contribution is -1.98. The zero-order valence-electron chi connectivity index (χ0n) is 34.8. The van der Waals surface area contributed by atoms with Crippen molar-refractivity contribution >= 4 is 75.4 Å². The topological polar surface area (TPSA) is 25.8 Å². The molecule has 0 atom stereocenters. The van der Waals surface area contributed by atoms with E-state index in [1.807, 2.05) is 18.3 Å². The highest BCUT2D eigenvalue weighted by Gasteiger charge is 2.21. The third-order valence-corrected chi connectivity index (χ3v) is 13.3. The number of fused-ring (bicyclic) bond motifs is 7. The summed E-state index contributed by atoms with van der Waals surface area (Å²) in [5, 5.41) is 17.4. The van der Waals surface area contributed by atoms with Gasteiger partial charge in [0.05, 0.1) is 23.3 Å². The van der Waals surface area contributed by atoms with Gasteiger partial charge in [0, 0.05) is 16.7 Å². The van der Waals surface area contributed by atoms with Crippen LogP contribution in [0.15, 0.2) is 231 Å². The highest BCUT2D eigenvalue weighted by Crippen LogP contribution is 2.46. The molecule has 1 heterocycles. The standard InChI is InChI=1S/C62H38N2/c1-3-16-43(17-4-1)61-62(44-18-5-2-6-19-44)64-55(38-63-61)60-53-26-11-9-24-49(53)56(50-25-10-12-27-54(50)60)42-34-32-39(33-35-42)45-28-15-31-52-51-30-14-21-41-37-36-40-20-13-29-47(57(40)58(41)51)46-22-7-8-23-48(46)59(45)52/h1-38H. The van der Waals surface area contributed by atoms with Crippen molar-refractivity contribution in [1.29, 1.82) is 0 Å². The Morgan fingerprint density at radius 3 is 1.27 bits per heavy atom. The minimum atomic E-state index is 0.850. The van der Waals surface area contributed by atoms with Gasteiger partial charge >= 0.3 is 0 Å². The van der Waals surface area contributed by atoms with Crippen LogP contribution in [0.5, 0.6) is 0 Å². The molecule has 1 aromatic heterocycles. The van der Waals surface area contributed by atoms with Crippen LogP contribution in [0.2, 0.25) is 0 Å². The Labute approximate surface area is 370 Å². The summed E-state index contributed by atoms with van der Waals surface area (Å²) >= 11 is 0. The van der Waals surface area contributed by atoms with Crippen molar-refractivity contribution in [2.45, 2.75) is 0 Å². The van der Waals surface area contributed by atoms with Gasteiger partial charge in [-0.15, -0.1) is 0 Å². The van der Waals surface area contributed by atoms with Crippen LogP contribution in [-0.4, -0.2) is 9.97 Å². The molecule has 13 aromatic rings. The van der Waals surface area contributed by atoms with E-state index in [-0.39, 0.29) is 0 Å². The van der Waals surface area contributed by atoms with Crippen LogP contribution in [0.1, 0.15) is 0 Å². The van der Waals surface area contributed by atoms with Crippen molar-refractivity contribution in [2.75, 3.05) is 0 Å². The Morgan fingerprint density at radius 2 is 0.672 bits per heavy atom. The number of benzene rings is 11. The molecule has 0 aliphatic rings. The lowest BCUT2D eigenvalue weighted by atomic mass is 9.86. The highest BCUT2D eigenvalue weighted by molar-refractivity contribution is 6.34. The van der Waals surface area contributed by atoms with Gasteiger partial charge < -0.3 is 0 Å². The quantitative estimate of drug-likeness (QED) is 0.128. The average Bonchev–Trinajstić information content (AvgIpc) is 3.37. The summed E-state index contributed by atoms with van der Waals surface area (Å²) in [4.78, 5) is 10.6. The minimum absolute atomic E-state index is 0.850. The number of nitrogens with zero attached hydrogens (tertiary/aromatic N) is 2. The smallest absolute Gasteiger partial charge is 0.0972 e. The van der Waals surface area contributed by atoms with E-state index in [9.17, 15) is 0 Å². The molecule has 0 N–H and O–H groups in total. The summed E-state index contributed by atoms with van der Waals surface area (Å²) in [7, 11) is 0. The van der Waals surface area contributed by atoms with Crippen molar-refractivity contribution < 1.29 is 0 Å². The first kappa shape index (κ1) is 36.2. The third kappa shape index (κ3) is 5.59. The van der Waals surface area contributed by atoms with Crippen molar-refractivity contribution in [2.24, 2.45) is 0 Å². The Kier molecular flexibility index (Phi) is 8.25. The van der Waals surface area contributed by atoms with Crippen LogP contribution in [0, 0.1) is 0 Å². The van der Waals surface area contributed by atoms with Crippen molar-refractivity contribution in [3.05, 3.63) is 231 Å². The summed E-state index contributed by atoms with van der Waals surface area (Å²) in [6.45, 7) is 0. The SMILES string of the molecule is c1ccc(-c2ncc(-c3c4ccccc4c(-c4ccc(-c5cccc6c7cccc8ccc9cccc(c%10ccccc%10c56)c9c87)cc4)c4ccccc34)nc2-c2ccccc2)cc1. The zero-order chi connectivity index (χ0) is 42.1. The van der Waals surface area contributed by atoms with Gasteiger partial charge in [-0.2, -0.15) is 0 Å². The summed E-state index contributed by atoms with van der Waals surface area (Å²) < 4.78 is 0. The van der Waals surface area contributed by atoms with Gasteiger partial charge in [0.1, 0.15) is 0 Å². The molecule has 64 heavy (non-hydrogen) atoms. The van der Waals surface area contributed by atoms with Crippen LogP contribution in [0.4, 0.5) is 0 Å². The summed E-state index contributed by atoms with van der Waals surface area (Å²) in [5.74, 6) is 0. The molecule has 0 spiro atoms. The molecule has 0 fully saturated rings. The van der Waals surface area contributed by atoms with Crippen LogP contribution in [0.3, 0.4) is 0 Å². The molecular weight excluding hydrogens is 773 g/mol. The fourth-order valence-electron chi connectivity index (χ4n) is 10.5.